The molecule has 126 valence electrons. The molecule has 0 atom stereocenters. The quantitative estimate of drug-likeness (QED) is 0.707. The van der Waals surface area contributed by atoms with Gasteiger partial charge in [0, 0.05) is 18.0 Å². The average molecular weight is 338 g/mol. The van der Waals surface area contributed by atoms with Gasteiger partial charge in [-0.1, -0.05) is 23.4 Å². The number of hydrogen-bond acceptors (Lipinski definition) is 6. The van der Waals surface area contributed by atoms with Gasteiger partial charge in [0.15, 0.2) is 6.61 Å². The van der Waals surface area contributed by atoms with E-state index in [1.807, 2.05) is 6.07 Å². The highest BCUT2D eigenvalue weighted by atomic mass is 16.5. The lowest BCUT2D eigenvalue weighted by atomic mass is 10.1. The van der Waals surface area contributed by atoms with Crippen LogP contribution in [-0.4, -0.2) is 28.6 Å². The zero-order chi connectivity index (χ0) is 17.6. The fourth-order valence-corrected chi connectivity index (χ4v) is 2.14. The molecule has 3 N–H and O–H groups in total. The molecule has 0 spiro atoms. The number of nitrogens with one attached hydrogen (secondary N) is 1. The van der Waals surface area contributed by atoms with Gasteiger partial charge in [0.2, 0.25) is 5.88 Å². The second-order valence-electron chi connectivity index (χ2n) is 4.99. The van der Waals surface area contributed by atoms with Gasteiger partial charge in [0.1, 0.15) is 17.0 Å². The van der Waals surface area contributed by atoms with Gasteiger partial charge in [-0.3, -0.25) is 19.9 Å². The highest BCUT2D eigenvalue weighted by molar-refractivity contribution is 6.06. The van der Waals surface area contributed by atoms with E-state index < -0.39 is 11.8 Å². The van der Waals surface area contributed by atoms with Gasteiger partial charge < -0.3 is 15.0 Å². The maximum Gasteiger partial charge on any atom is 0.264 e. The number of hydrogen-bond donors (Lipinski definition) is 2. The summed E-state index contributed by atoms with van der Waals surface area (Å²) in [5.74, 6) is -0.861. The minimum Gasteiger partial charge on any atom is -0.484 e. The summed E-state index contributed by atoms with van der Waals surface area (Å²) < 4.78 is 10.4. The molecule has 2 heterocycles. The van der Waals surface area contributed by atoms with Crippen molar-refractivity contribution in [3.05, 3.63) is 60.4 Å². The van der Waals surface area contributed by atoms with E-state index >= 15 is 0 Å². The van der Waals surface area contributed by atoms with Crippen LogP contribution >= 0.6 is 0 Å². The van der Waals surface area contributed by atoms with E-state index in [-0.39, 0.29) is 23.7 Å². The van der Waals surface area contributed by atoms with E-state index in [2.05, 4.69) is 15.5 Å². The van der Waals surface area contributed by atoms with Crippen LogP contribution in [0.25, 0.3) is 11.3 Å². The second kappa shape index (κ2) is 7.26. The Morgan fingerprint density at radius 1 is 1.12 bits per heavy atom. The molecule has 3 aromatic rings. The molecule has 3 rings (SSSR count). The molecular formula is C17H14N4O4. The summed E-state index contributed by atoms with van der Waals surface area (Å²) in [7, 11) is 0. The SMILES string of the molecule is NC(=O)c1c(-c2ccncc2)noc1NC(=O)COc1ccccc1. The molecule has 0 saturated heterocycles. The Morgan fingerprint density at radius 3 is 2.52 bits per heavy atom. The molecule has 0 saturated carbocycles. The molecule has 1 aromatic carbocycles. The van der Waals surface area contributed by atoms with Crippen LogP contribution in [-0.2, 0) is 4.79 Å². The Labute approximate surface area is 142 Å². The van der Waals surface area contributed by atoms with Crippen molar-refractivity contribution in [1.29, 1.82) is 0 Å². The van der Waals surface area contributed by atoms with Gasteiger partial charge in [-0.2, -0.15) is 0 Å². The van der Waals surface area contributed by atoms with Gasteiger partial charge in [-0.15, -0.1) is 0 Å². The Bertz CT molecular complexity index is 878. The van der Waals surface area contributed by atoms with Crippen LogP contribution in [0.1, 0.15) is 10.4 Å². The Hall–Kier alpha value is -3.68. The predicted molar refractivity (Wildman–Crippen MR) is 88.8 cm³/mol. The Balaban J connectivity index is 1.75. The number of pyridine rings is 1. The standard InChI is InChI=1S/C17H14N4O4/c18-16(23)14-15(11-6-8-19-9-7-11)21-25-17(14)20-13(22)10-24-12-4-2-1-3-5-12/h1-9H,10H2,(H2,18,23)(H,20,22). The summed E-state index contributed by atoms with van der Waals surface area (Å²) in [6.45, 7) is -0.256. The molecule has 0 aliphatic heterocycles. The number of nitrogens with two attached hydrogens (primary N) is 1. The van der Waals surface area contributed by atoms with Crippen molar-refractivity contribution in [1.82, 2.24) is 10.1 Å². The number of rotatable bonds is 6. The molecule has 0 radical (unpaired) electrons. The number of amides is 2. The lowest BCUT2D eigenvalue weighted by Crippen LogP contribution is -2.22. The van der Waals surface area contributed by atoms with Gasteiger partial charge in [-0.05, 0) is 24.3 Å². The summed E-state index contributed by atoms with van der Waals surface area (Å²) in [5, 5.41) is 6.26. The van der Waals surface area contributed by atoms with Crippen LogP contribution in [0, 0.1) is 0 Å². The number of carbonyl (C=O) groups is 2. The van der Waals surface area contributed by atoms with E-state index in [0.29, 0.717) is 11.3 Å². The normalized spacial score (nSPS) is 10.2. The van der Waals surface area contributed by atoms with Crippen molar-refractivity contribution >= 4 is 17.7 Å². The van der Waals surface area contributed by atoms with E-state index in [1.54, 1.807) is 48.8 Å². The first-order valence-corrected chi connectivity index (χ1v) is 7.32. The fourth-order valence-electron chi connectivity index (χ4n) is 2.14. The summed E-state index contributed by atoms with van der Waals surface area (Å²) in [4.78, 5) is 27.7. The first-order chi connectivity index (χ1) is 12.1. The Kier molecular flexibility index (Phi) is 4.70. The molecule has 0 unspecified atom stereocenters. The number of benzene rings is 1. The van der Waals surface area contributed by atoms with Crippen LogP contribution in [0.2, 0.25) is 0 Å². The van der Waals surface area contributed by atoms with E-state index in [0.717, 1.165) is 0 Å². The molecule has 0 aliphatic rings. The highest BCUT2D eigenvalue weighted by Crippen LogP contribution is 2.28. The summed E-state index contributed by atoms with van der Waals surface area (Å²) in [5.41, 5.74) is 6.21. The maximum atomic E-state index is 12.0. The van der Waals surface area contributed by atoms with E-state index in [9.17, 15) is 9.59 Å². The van der Waals surface area contributed by atoms with Crippen molar-refractivity contribution in [3.63, 3.8) is 0 Å². The van der Waals surface area contributed by atoms with Gasteiger partial charge in [0.05, 0.1) is 0 Å². The number of para-hydroxylation sites is 1. The number of ether oxygens (including phenoxy) is 1. The van der Waals surface area contributed by atoms with Crippen molar-refractivity contribution in [2.75, 3.05) is 11.9 Å². The van der Waals surface area contributed by atoms with Crippen molar-refractivity contribution in [2.45, 2.75) is 0 Å². The minimum atomic E-state index is -0.771. The molecule has 0 fully saturated rings. The zero-order valence-corrected chi connectivity index (χ0v) is 13.0. The van der Waals surface area contributed by atoms with Crippen LogP contribution in [0.5, 0.6) is 5.75 Å². The fraction of sp³-hybridized carbons (Fsp3) is 0.0588. The molecule has 0 bridgehead atoms. The molecule has 2 aromatic heterocycles. The molecule has 2 amide bonds. The van der Waals surface area contributed by atoms with Crippen LogP contribution in [0.15, 0.2) is 59.4 Å². The summed E-state index contributed by atoms with van der Waals surface area (Å²) in [6.07, 6.45) is 3.08. The van der Waals surface area contributed by atoms with Gasteiger partial charge >= 0.3 is 0 Å². The molecule has 0 aliphatic carbocycles. The first kappa shape index (κ1) is 16.2. The third kappa shape index (κ3) is 3.81. The number of carbonyl (C=O) groups excluding carboxylic acids is 2. The van der Waals surface area contributed by atoms with Crippen LogP contribution in [0.4, 0.5) is 5.88 Å². The number of primary amides is 1. The highest BCUT2D eigenvalue weighted by Gasteiger charge is 2.23. The number of aromatic nitrogens is 2. The minimum absolute atomic E-state index is 0.0146. The Morgan fingerprint density at radius 2 is 1.84 bits per heavy atom. The van der Waals surface area contributed by atoms with Gasteiger partial charge in [0.25, 0.3) is 11.8 Å². The zero-order valence-electron chi connectivity index (χ0n) is 13.0. The molecular weight excluding hydrogens is 324 g/mol. The third-order valence-corrected chi connectivity index (χ3v) is 3.26. The monoisotopic (exact) mass is 338 g/mol. The average Bonchev–Trinajstić information content (AvgIpc) is 3.05. The molecule has 8 nitrogen and oxygen atoms in total. The number of nitrogens with zero attached hydrogens (tertiary/aromatic N) is 2. The van der Waals surface area contributed by atoms with Crippen LogP contribution < -0.4 is 15.8 Å². The largest absolute Gasteiger partial charge is 0.484 e. The van der Waals surface area contributed by atoms with Crippen molar-refractivity contribution in [2.24, 2.45) is 5.73 Å². The number of anilines is 1. The third-order valence-electron chi connectivity index (χ3n) is 3.26. The van der Waals surface area contributed by atoms with Gasteiger partial charge in [-0.25, -0.2) is 0 Å². The van der Waals surface area contributed by atoms with Crippen LogP contribution in [0.3, 0.4) is 0 Å². The molecule has 8 heteroatoms. The lowest BCUT2D eigenvalue weighted by molar-refractivity contribution is -0.118. The second-order valence-corrected chi connectivity index (χ2v) is 4.99. The van der Waals surface area contributed by atoms with E-state index in [4.69, 9.17) is 15.0 Å². The van der Waals surface area contributed by atoms with Crippen molar-refractivity contribution < 1.29 is 18.8 Å². The summed E-state index contributed by atoms with van der Waals surface area (Å²) in [6, 6.07) is 12.1. The van der Waals surface area contributed by atoms with Crippen molar-refractivity contribution in [3.8, 4) is 17.0 Å². The summed E-state index contributed by atoms with van der Waals surface area (Å²) >= 11 is 0. The lowest BCUT2D eigenvalue weighted by Gasteiger charge is -2.06. The molecule has 25 heavy (non-hydrogen) atoms. The topological polar surface area (TPSA) is 120 Å². The maximum absolute atomic E-state index is 12.0. The first-order valence-electron chi connectivity index (χ1n) is 7.32. The predicted octanol–water partition coefficient (Wildman–Crippen LogP) is 1.85. The smallest absolute Gasteiger partial charge is 0.264 e. The van der Waals surface area contributed by atoms with E-state index in [1.165, 1.54) is 0 Å².